The minimum Gasteiger partial charge on any atom is -0.352 e. The molecule has 136 valence electrons. The quantitative estimate of drug-likeness (QED) is 0.846. The van der Waals surface area contributed by atoms with E-state index in [1.54, 1.807) is 0 Å². The van der Waals surface area contributed by atoms with Gasteiger partial charge in [-0.2, -0.15) is 0 Å². The number of nitrogens with zero attached hydrogens (tertiary/aromatic N) is 2. The van der Waals surface area contributed by atoms with Crippen molar-refractivity contribution in [1.82, 2.24) is 15.1 Å². The summed E-state index contributed by atoms with van der Waals surface area (Å²) in [7, 11) is 0. The van der Waals surface area contributed by atoms with Crippen LogP contribution in [-0.2, 0) is 9.59 Å². The van der Waals surface area contributed by atoms with E-state index in [-0.39, 0.29) is 42.5 Å². The Morgan fingerprint density at radius 1 is 1.32 bits per heavy atom. The van der Waals surface area contributed by atoms with Crippen LogP contribution < -0.4 is 10.6 Å². The van der Waals surface area contributed by atoms with E-state index in [2.05, 4.69) is 10.6 Å². The maximum Gasteiger partial charge on any atom is 0.322 e. The number of anilines is 1. The van der Waals surface area contributed by atoms with E-state index in [4.69, 9.17) is 11.6 Å². The van der Waals surface area contributed by atoms with Gasteiger partial charge in [0.05, 0.1) is 11.6 Å². The maximum atomic E-state index is 13.1. The zero-order valence-corrected chi connectivity index (χ0v) is 14.8. The van der Waals surface area contributed by atoms with Gasteiger partial charge in [0.15, 0.2) is 0 Å². The summed E-state index contributed by atoms with van der Waals surface area (Å²) in [6.07, 6.45) is 0. The third kappa shape index (κ3) is 5.32. The molecule has 4 amide bonds. The summed E-state index contributed by atoms with van der Waals surface area (Å²) in [5.74, 6) is -1.12. The Kier molecular flexibility index (Phi) is 6.19. The molecule has 2 rings (SSSR count). The molecule has 0 spiro atoms. The van der Waals surface area contributed by atoms with Gasteiger partial charge in [0.25, 0.3) is 0 Å². The normalized spacial score (nSPS) is 14.7. The molecule has 0 aliphatic carbocycles. The summed E-state index contributed by atoms with van der Waals surface area (Å²) in [6, 6.07) is 3.34. The number of hydrogen-bond acceptors (Lipinski definition) is 3. The van der Waals surface area contributed by atoms with Gasteiger partial charge in [0.1, 0.15) is 12.4 Å². The highest BCUT2D eigenvalue weighted by molar-refractivity contribution is 6.31. The van der Waals surface area contributed by atoms with Crippen LogP contribution in [0.5, 0.6) is 0 Å². The predicted molar refractivity (Wildman–Crippen MR) is 91.9 cm³/mol. The number of hydrogen-bond donors (Lipinski definition) is 2. The monoisotopic (exact) mass is 370 g/mol. The van der Waals surface area contributed by atoms with Gasteiger partial charge in [-0.05, 0) is 32.0 Å². The van der Waals surface area contributed by atoms with Crippen LogP contribution in [0.4, 0.5) is 14.9 Å². The number of carbonyl (C=O) groups excluding carboxylic acids is 3. The zero-order valence-electron chi connectivity index (χ0n) is 14.0. The van der Waals surface area contributed by atoms with E-state index in [1.165, 1.54) is 21.9 Å². The van der Waals surface area contributed by atoms with Crippen molar-refractivity contribution in [3.05, 3.63) is 29.0 Å². The molecular weight excluding hydrogens is 351 g/mol. The molecule has 2 N–H and O–H groups in total. The molecule has 9 heteroatoms. The fourth-order valence-corrected chi connectivity index (χ4v) is 2.55. The molecule has 0 aromatic heterocycles. The Labute approximate surface area is 150 Å². The molecule has 1 aliphatic rings. The summed E-state index contributed by atoms with van der Waals surface area (Å²) in [5, 5.41) is 5.18. The Hall–Kier alpha value is -2.35. The number of piperazine rings is 1. The van der Waals surface area contributed by atoms with Crippen molar-refractivity contribution >= 4 is 35.1 Å². The Morgan fingerprint density at radius 2 is 2.04 bits per heavy atom. The Bertz CT molecular complexity index is 683. The summed E-state index contributed by atoms with van der Waals surface area (Å²) in [5.41, 5.74) is 0.336. The van der Waals surface area contributed by atoms with Crippen molar-refractivity contribution in [2.24, 2.45) is 0 Å². The van der Waals surface area contributed by atoms with Crippen LogP contribution in [0.25, 0.3) is 0 Å². The van der Waals surface area contributed by atoms with Crippen LogP contribution in [0, 0.1) is 5.82 Å². The number of halogens is 2. The van der Waals surface area contributed by atoms with Crippen molar-refractivity contribution in [2.75, 3.05) is 31.5 Å². The topological polar surface area (TPSA) is 81.8 Å². The predicted octanol–water partition coefficient (Wildman–Crippen LogP) is 1.68. The minimum absolute atomic E-state index is 0.00259. The van der Waals surface area contributed by atoms with E-state index < -0.39 is 11.8 Å². The molecule has 7 nitrogen and oxygen atoms in total. The molecule has 0 bridgehead atoms. The lowest BCUT2D eigenvalue weighted by molar-refractivity contribution is -0.139. The van der Waals surface area contributed by atoms with Gasteiger partial charge in [-0.15, -0.1) is 0 Å². The number of benzene rings is 1. The molecule has 1 aromatic rings. The Balaban J connectivity index is 1.89. The van der Waals surface area contributed by atoms with E-state index in [1.807, 2.05) is 13.8 Å². The van der Waals surface area contributed by atoms with Crippen LogP contribution >= 0.6 is 11.6 Å². The van der Waals surface area contributed by atoms with Gasteiger partial charge < -0.3 is 20.4 Å². The van der Waals surface area contributed by atoms with Crippen molar-refractivity contribution in [1.29, 1.82) is 0 Å². The molecule has 1 fully saturated rings. The number of urea groups is 1. The molecule has 1 aromatic carbocycles. The largest absolute Gasteiger partial charge is 0.352 e. The third-order valence-electron chi connectivity index (χ3n) is 3.56. The number of amides is 4. The number of carbonyl (C=O) groups is 3. The molecule has 0 saturated carbocycles. The fourth-order valence-electron chi connectivity index (χ4n) is 2.37. The van der Waals surface area contributed by atoms with E-state index in [0.29, 0.717) is 12.2 Å². The van der Waals surface area contributed by atoms with E-state index in [9.17, 15) is 18.8 Å². The number of rotatable bonds is 4. The lowest BCUT2D eigenvalue weighted by Crippen LogP contribution is -2.55. The first-order valence-corrected chi connectivity index (χ1v) is 8.22. The van der Waals surface area contributed by atoms with Gasteiger partial charge >= 0.3 is 6.03 Å². The van der Waals surface area contributed by atoms with Crippen molar-refractivity contribution in [3.63, 3.8) is 0 Å². The van der Waals surface area contributed by atoms with Crippen LogP contribution in [0.1, 0.15) is 13.8 Å². The second-order valence-electron chi connectivity index (χ2n) is 6.02. The van der Waals surface area contributed by atoms with Crippen molar-refractivity contribution < 1.29 is 18.8 Å². The standard InChI is InChI=1S/C16H20ClFN4O3/c1-10(2)19-14(23)8-21-5-6-22(9-15(21)24)16(25)20-11-3-4-13(18)12(17)7-11/h3-4,7,10H,5-6,8-9H2,1-2H3,(H,19,23)(H,20,25). The summed E-state index contributed by atoms with van der Waals surface area (Å²) in [4.78, 5) is 38.8. The second kappa shape index (κ2) is 8.15. The average Bonchev–Trinajstić information content (AvgIpc) is 2.52. The zero-order chi connectivity index (χ0) is 18.6. The van der Waals surface area contributed by atoms with Gasteiger partial charge in [0, 0.05) is 24.8 Å². The molecule has 1 saturated heterocycles. The van der Waals surface area contributed by atoms with Gasteiger partial charge in [-0.1, -0.05) is 11.6 Å². The van der Waals surface area contributed by atoms with Crippen LogP contribution in [0.3, 0.4) is 0 Å². The van der Waals surface area contributed by atoms with Gasteiger partial charge in [-0.3, -0.25) is 9.59 Å². The molecule has 1 heterocycles. The maximum absolute atomic E-state index is 13.1. The minimum atomic E-state index is -0.580. The van der Waals surface area contributed by atoms with Crippen LogP contribution in [0.15, 0.2) is 18.2 Å². The smallest absolute Gasteiger partial charge is 0.322 e. The third-order valence-corrected chi connectivity index (χ3v) is 3.85. The van der Waals surface area contributed by atoms with E-state index >= 15 is 0 Å². The SMILES string of the molecule is CC(C)NC(=O)CN1CCN(C(=O)Nc2ccc(F)c(Cl)c2)CC1=O. The van der Waals surface area contributed by atoms with Crippen molar-refractivity contribution in [3.8, 4) is 0 Å². The van der Waals surface area contributed by atoms with Gasteiger partial charge in [0.2, 0.25) is 11.8 Å². The highest BCUT2D eigenvalue weighted by Crippen LogP contribution is 2.19. The average molecular weight is 371 g/mol. The summed E-state index contributed by atoms with van der Waals surface area (Å²) < 4.78 is 13.1. The first-order valence-electron chi connectivity index (χ1n) is 7.84. The van der Waals surface area contributed by atoms with E-state index in [0.717, 1.165) is 6.07 Å². The summed E-state index contributed by atoms with van der Waals surface area (Å²) in [6.45, 7) is 4.08. The highest BCUT2D eigenvalue weighted by Gasteiger charge is 2.28. The first kappa shape index (κ1) is 19.0. The lowest BCUT2D eigenvalue weighted by Gasteiger charge is -2.34. The number of nitrogens with one attached hydrogen (secondary N) is 2. The second-order valence-corrected chi connectivity index (χ2v) is 6.43. The van der Waals surface area contributed by atoms with Gasteiger partial charge in [-0.25, -0.2) is 9.18 Å². The van der Waals surface area contributed by atoms with Crippen molar-refractivity contribution in [2.45, 2.75) is 19.9 Å². The highest BCUT2D eigenvalue weighted by atomic mass is 35.5. The molecule has 0 atom stereocenters. The fraction of sp³-hybridized carbons (Fsp3) is 0.438. The molecular formula is C16H20ClFN4O3. The van der Waals surface area contributed by atoms with Crippen LogP contribution in [-0.4, -0.2) is 59.9 Å². The summed E-state index contributed by atoms with van der Waals surface area (Å²) >= 11 is 5.67. The first-order chi connectivity index (χ1) is 11.8. The lowest BCUT2D eigenvalue weighted by atomic mass is 10.3. The molecule has 1 aliphatic heterocycles. The van der Waals surface area contributed by atoms with Crippen LogP contribution in [0.2, 0.25) is 5.02 Å². The molecule has 0 unspecified atom stereocenters. The molecule has 25 heavy (non-hydrogen) atoms. The Morgan fingerprint density at radius 3 is 2.64 bits per heavy atom. The molecule has 0 radical (unpaired) electrons.